The highest BCUT2D eigenvalue weighted by Gasteiger charge is 2.19. The average molecular weight is 253 g/mol. The zero-order valence-corrected chi connectivity index (χ0v) is 11.4. The van der Waals surface area contributed by atoms with E-state index in [1.807, 2.05) is 12.1 Å². The third-order valence-electron chi connectivity index (χ3n) is 3.68. The van der Waals surface area contributed by atoms with Crippen LogP contribution >= 0.6 is 11.6 Å². The van der Waals surface area contributed by atoms with E-state index >= 15 is 0 Å². The van der Waals surface area contributed by atoms with Crippen LogP contribution in [0.1, 0.15) is 31.4 Å². The van der Waals surface area contributed by atoms with Gasteiger partial charge in [-0.2, -0.15) is 0 Å². The molecule has 1 aromatic rings. The van der Waals surface area contributed by atoms with Crippen molar-refractivity contribution >= 4 is 11.6 Å². The molecule has 94 valence electrons. The molecule has 2 nitrogen and oxygen atoms in total. The molecule has 0 saturated carbocycles. The molecule has 1 N–H and O–H groups in total. The van der Waals surface area contributed by atoms with Crippen LogP contribution in [-0.2, 0) is 0 Å². The number of nitrogens with zero attached hydrogens (tertiary/aromatic N) is 1. The Morgan fingerprint density at radius 1 is 1.41 bits per heavy atom. The Morgan fingerprint density at radius 2 is 2.12 bits per heavy atom. The van der Waals surface area contributed by atoms with Gasteiger partial charge in [0.1, 0.15) is 0 Å². The summed E-state index contributed by atoms with van der Waals surface area (Å²) in [4.78, 5) is 2.41. The Bertz CT molecular complexity index is 344. The molecule has 1 fully saturated rings. The van der Waals surface area contributed by atoms with Crippen LogP contribution in [-0.4, -0.2) is 31.1 Å². The van der Waals surface area contributed by atoms with Crippen molar-refractivity contribution in [3.8, 4) is 0 Å². The van der Waals surface area contributed by atoms with Gasteiger partial charge in [0.25, 0.3) is 0 Å². The fourth-order valence-corrected chi connectivity index (χ4v) is 2.54. The Hall–Kier alpha value is -0.570. The fourth-order valence-electron chi connectivity index (χ4n) is 2.41. The molecule has 1 heterocycles. The Labute approximate surface area is 109 Å². The molecule has 0 aromatic heterocycles. The van der Waals surface area contributed by atoms with E-state index in [0.29, 0.717) is 12.1 Å². The molecule has 0 aliphatic carbocycles. The molecule has 17 heavy (non-hydrogen) atoms. The van der Waals surface area contributed by atoms with Gasteiger partial charge in [-0.05, 0) is 51.1 Å². The molecule has 1 aliphatic heterocycles. The Morgan fingerprint density at radius 3 is 2.71 bits per heavy atom. The molecular formula is C14H21ClN2. The Balaban J connectivity index is 1.93. The van der Waals surface area contributed by atoms with Crippen LogP contribution in [0.3, 0.4) is 0 Å². The summed E-state index contributed by atoms with van der Waals surface area (Å²) in [5, 5.41) is 4.35. The van der Waals surface area contributed by atoms with Crippen molar-refractivity contribution in [3.63, 3.8) is 0 Å². The molecule has 0 bridgehead atoms. The van der Waals surface area contributed by atoms with Gasteiger partial charge in [0.2, 0.25) is 0 Å². The van der Waals surface area contributed by atoms with Gasteiger partial charge in [-0.3, -0.25) is 4.90 Å². The van der Waals surface area contributed by atoms with E-state index in [-0.39, 0.29) is 0 Å². The summed E-state index contributed by atoms with van der Waals surface area (Å²) in [6, 6.07) is 9.27. The molecule has 2 rings (SSSR count). The van der Waals surface area contributed by atoms with Gasteiger partial charge in [-0.25, -0.2) is 0 Å². The summed E-state index contributed by atoms with van der Waals surface area (Å²) in [7, 11) is 2.19. The molecule has 2 unspecified atom stereocenters. The maximum Gasteiger partial charge on any atom is 0.0406 e. The predicted molar refractivity (Wildman–Crippen MR) is 73.5 cm³/mol. The van der Waals surface area contributed by atoms with Crippen LogP contribution in [0.15, 0.2) is 24.3 Å². The van der Waals surface area contributed by atoms with Crippen molar-refractivity contribution < 1.29 is 0 Å². The minimum Gasteiger partial charge on any atom is -0.313 e. The molecule has 3 heteroatoms. The first-order valence-electron chi connectivity index (χ1n) is 6.36. The number of likely N-dealkylation sites (N-methyl/N-ethyl adjacent to an activating group) is 1. The van der Waals surface area contributed by atoms with Crippen LogP contribution in [0.4, 0.5) is 0 Å². The summed E-state index contributed by atoms with van der Waals surface area (Å²) >= 11 is 5.91. The smallest absolute Gasteiger partial charge is 0.0406 e. The number of benzene rings is 1. The minimum absolute atomic E-state index is 0.440. The van der Waals surface area contributed by atoms with Gasteiger partial charge in [0.15, 0.2) is 0 Å². The standard InChI is InChI=1S/C14H21ClN2/c1-11(12-5-7-13(15)8-6-12)17(2)10-14-4-3-9-16-14/h5-8,11,14,16H,3-4,9-10H2,1-2H3. The summed E-state index contributed by atoms with van der Waals surface area (Å²) in [5.74, 6) is 0. The first-order chi connectivity index (χ1) is 8.16. The first-order valence-corrected chi connectivity index (χ1v) is 6.73. The van der Waals surface area contributed by atoms with Crippen molar-refractivity contribution in [2.45, 2.75) is 31.8 Å². The van der Waals surface area contributed by atoms with E-state index in [0.717, 1.165) is 11.6 Å². The molecule has 2 atom stereocenters. The molecule has 1 aromatic carbocycles. The van der Waals surface area contributed by atoms with Crippen molar-refractivity contribution in [1.82, 2.24) is 10.2 Å². The van der Waals surface area contributed by atoms with Crippen molar-refractivity contribution in [3.05, 3.63) is 34.9 Å². The second-order valence-corrected chi connectivity index (χ2v) is 5.40. The third-order valence-corrected chi connectivity index (χ3v) is 3.94. The maximum absolute atomic E-state index is 5.91. The van der Waals surface area contributed by atoms with E-state index in [4.69, 9.17) is 11.6 Å². The van der Waals surface area contributed by atoms with E-state index < -0.39 is 0 Å². The molecule has 1 aliphatic rings. The zero-order valence-electron chi connectivity index (χ0n) is 10.6. The van der Waals surface area contributed by atoms with Crippen LogP contribution < -0.4 is 5.32 Å². The molecule has 0 amide bonds. The second kappa shape index (κ2) is 5.85. The monoisotopic (exact) mass is 252 g/mol. The number of hydrogen-bond donors (Lipinski definition) is 1. The summed E-state index contributed by atoms with van der Waals surface area (Å²) in [5.41, 5.74) is 1.33. The number of rotatable bonds is 4. The lowest BCUT2D eigenvalue weighted by atomic mass is 10.1. The summed E-state index contributed by atoms with van der Waals surface area (Å²) in [6.07, 6.45) is 2.62. The van der Waals surface area contributed by atoms with Crippen LogP contribution in [0.5, 0.6) is 0 Å². The number of hydrogen-bond acceptors (Lipinski definition) is 2. The Kier molecular flexibility index (Phi) is 4.43. The lowest BCUT2D eigenvalue weighted by Gasteiger charge is -2.27. The highest BCUT2D eigenvalue weighted by Crippen LogP contribution is 2.21. The van der Waals surface area contributed by atoms with Gasteiger partial charge < -0.3 is 5.32 Å². The van der Waals surface area contributed by atoms with Crippen LogP contribution in [0.2, 0.25) is 5.02 Å². The van der Waals surface area contributed by atoms with Gasteiger partial charge >= 0.3 is 0 Å². The van der Waals surface area contributed by atoms with E-state index in [1.54, 1.807) is 0 Å². The third kappa shape index (κ3) is 3.44. The van der Waals surface area contributed by atoms with Crippen molar-refractivity contribution in [2.75, 3.05) is 20.1 Å². The number of nitrogens with one attached hydrogen (secondary N) is 1. The lowest BCUT2D eigenvalue weighted by molar-refractivity contribution is 0.238. The highest BCUT2D eigenvalue weighted by atomic mass is 35.5. The van der Waals surface area contributed by atoms with Crippen molar-refractivity contribution in [1.29, 1.82) is 0 Å². The topological polar surface area (TPSA) is 15.3 Å². The average Bonchev–Trinajstić information content (AvgIpc) is 2.82. The van der Waals surface area contributed by atoms with Crippen LogP contribution in [0, 0.1) is 0 Å². The maximum atomic E-state index is 5.91. The largest absolute Gasteiger partial charge is 0.313 e. The van der Waals surface area contributed by atoms with E-state index in [1.165, 1.54) is 24.9 Å². The van der Waals surface area contributed by atoms with Crippen LogP contribution in [0.25, 0.3) is 0 Å². The zero-order chi connectivity index (χ0) is 12.3. The van der Waals surface area contributed by atoms with E-state index in [2.05, 4.69) is 36.3 Å². The fraction of sp³-hybridized carbons (Fsp3) is 0.571. The molecule has 0 radical (unpaired) electrons. The first kappa shape index (κ1) is 12.9. The summed E-state index contributed by atoms with van der Waals surface area (Å²) in [6.45, 7) is 4.54. The quantitative estimate of drug-likeness (QED) is 0.886. The van der Waals surface area contributed by atoms with Gasteiger partial charge in [0, 0.05) is 23.7 Å². The molecule has 1 saturated heterocycles. The SMILES string of the molecule is CC(c1ccc(Cl)cc1)N(C)CC1CCCN1. The van der Waals surface area contributed by atoms with E-state index in [9.17, 15) is 0 Å². The lowest BCUT2D eigenvalue weighted by Crippen LogP contribution is -2.36. The second-order valence-electron chi connectivity index (χ2n) is 4.96. The molecular weight excluding hydrogens is 232 g/mol. The normalized spacial score (nSPS) is 22.0. The molecule has 0 spiro atoms. The van der Waals surface area contributed by atoms with Gasteiger partial charge in [-0.15, -0.1) is 0 Å². The minimum atomic E-state index is 0.440. The predicted octanol–water partition coefficient (Wildman–Crippen LogP) is 3.08. The highest BCUT2D eigenvalue weighted by molar-refractivity contribution is 6.30. The summed E-state index contributed by atoms with van der Waals surface area (Å²) < 4.78 is 0. The van der Waals surface area contributed by atoms with Gasteiger partial charge in [0.05, 0.1) is 0 Å². The van der Waals surface area contributed by atoms with Crippen molar-refractivity contribution in [2.24, 2.45) is 0 Å². The number of halogens is 1. The van der Waals surface area contributed by atoms with Gasteiger partial charge in [-0.1, -0.05) is 23.7 Å².